The van der Waals surface area contributed by atoms with Crippen LogP contribution < -0.4 is 4.74 Å². The number of benzene rings is 1. The molecule has 1 aromatic rings. The smallest absolute Gasteiger partial charge is 0.305 e. The number of rotatable bonds is 6. The second kappa shape index (κ2) is 7.01. The molecule has 0 radical (unpaired) electrons. The zero-order chi connectivity index (χ0) is 13.5. The molecular formula is C14H20O4. The summed E-state index contributed by atoms with van der Waals surface area (Å²) >= 11 is 0. The van der Waals surface area contributed by atoms with Crippen LogP contribution in [-0.2, 0) is 9.53 Å². The Morgan fingerprint density at radius 2 is 1.94 bits per heavy atom. The second-order valence-electron chi connectivity index (χ2n) is 4.20. The van der Waals surface area contributed by atoms with Crippen LogP contribution in [-0.4, -0.2) is 24.8 Å². The fraction of sp³-hybridized carbons (Fsp3) is 0.500. The van der Waals surface area contributed by atoms with Crippen molar-refractivity contribution in [2.75, 3.05) is 13.7 Å². The third-order valence-corrected chi connectivity index (χ3v) is 2.79. The summed E-state index contributed by atoms with van der Waals surface area (Å²) < 4.78 is 9.92. The van der Waals surface area contributed by atoms with E-state index in [1.807, 2.05) is 38.1 Å². The first-order valence-electron chi connectivity index (χ1n) is 6.06. The third-order valence-electron chi connectivity index (χ3n) is 2.79. The van der Waals surface area contributed by atoms with Crippen molar-refractivity contribution in [2.24, 2.45) is 5.92 Å². The van der Waals surface area contributed by atoms with E-state index in [0.717, 1.165) is 11.3 Å². The van der Waals surface area contributed by atoms with Crippen LogP contribution in [0.2, 0.25) is 0 Å². The van der Waals surface area contributed by atoms with Gasteiger partial charge < -0.3 is 14.6 Å². The summed E-state index contributed by atoms with van der Waals surface area (Å²) in [7, 11) is 1.35. The van der Waals surface area contributed by atoms with Crippen LogP contribution >= 0.6 is 0 Å². The number of aliphatic hydroxyl groups excluding tert-OH is 1. The van der Waals surface area contributed by atoms with Gasteiger partial charge in [0.15, 0.2) is 0 Å². The van der Waals surface area contributed by atoms with Crippen molar-refractivity contribution in [2.45, 2.75) is 26.4 Å². The van der Waals surface area contributed by atoms with Crippen LogP contribution in [0, 0.1) is 5.92 Å². The SMILES string of the molecule is CCOc1ccc(C(O)C(C)CC(=O)OC)cc1. The van der Waals surface area contributed by atoms with Gasteiger partial charge in [0.05, 0.1) is 26.2 Å². The van der Waals surface area contributed by atoms with Crippen molar-refractivity contribution in [3.8, 4) is 5.75 Å². The van der Waals surface area contributed by atoms with E-state index >= 15 is 0 Å². The molecule has 0 saturated heterocycles. The molecular weight excluding hydrogens is 232 g/mol. The first-order chi connectivity index (χ1) is 8.58. The highest BCUT2D eigenvalue weighted by molar-refractivity contribution is 5.69. The molecule has 0 saturated carbocycles. The molecule has 4 heteroatoms. The molecule has 2 atom stereocenters. The highest BCUT2D eigenvalue weighted by Gasteiger charge is 2.19. The number of carbonyl (C=O) groups excluding carboxylic acids is 1. The van der Waals surface area contributed by atoms with Gasteiger partial charge in [0, 0.05) is 0 Å². The Kier molecular flexibility index (Phi) is 5.65. The van der Waals surface area contributed by atoms with Gasteiger partial charge in [-0.25, -0.2) is 0 Å². The minimum absolute atomic E-state index is 0.185. The van der Waals surface area contributed by atoms with Crippen LogP contribution in [0.1, 0.15) is 31.9 Å². The number of esters is 1. The molecule has 100 valence electrons. The molecule has 4 nitrogen and oxygen atoms in total. The van der Waals surface area contributed by atoms with E-state index in [4.69, 9.17) is 4.74 Å². The lowest BCUT2D eigenvalue weighted by atomic mass is 9.94. The van der Waals surface area contributed by atoms with Crippen molar-refractivity contribution >= 4 is 5.97 Å². The first kappa shape index (κ1) is 14.5. The zero-order valence-corrected chi connectivity index (χ0v) is 11.1. The van der Waals surface area contributed by atoms with E-state index in [1.165, 1.54) is 7.11 Å². The van der Waals surface area contributed by atoms with Crippen molar-refractivity contribution in [1.29, 1.82) is 0 Å². The van der Waals surface area contributed by atoms with Crippen LogP contribution in [0.15, 0.2) is 24.3 Å². The molecule has 0 aliphatic heterocycles. The molecule has 0 aliphatic carbocycles. The van der Waals surface area contributed by atoms with Gasteiger partial charge in [-0.05, 0) is 30.5 Å². The minimum atomic E-state index is -0.681. The van der Waals surface area contributed by atoms with Crippen molar-refractivity contribution in [3.63, 3.8) is 0 Å². The molecule has 1 N–H and O–H groups in total. The summed E-state index contributed by atoms with van der Waals surface area (Å²) in [5.41, 5.74) is 0.773. The van der Waals surface area contributed by atoms with E-state index in [9.17, 15) is 9.90 Å². The standard InChI is InChI=1S/C14H20O4/c1-4-18-12-7-5-11(6-8-12)14(16)10(2)9-13(15)17-3/h5-8,10,14,16H,4,9H2,1-3H3. The van der Waals surface area contributed by atoms with E-state index in [0.29, 0.717) is 6.61 Å². The number of ether oxygens (including phenoxy) is 2. The normalized spacial score (nSPS) is 13.8. The third kappa shape index (κ3) is 4.04. The predicted molar refractivity (Wildman–Crippen MR) is 68.4 cm³/mol. The summed E-state index contributed by atoms with van der Waals surface area (Å²) in [4.78, 5) is 11.1. The maximum atomic E-state index is 11.1. The van der Waals surface area contributed by atoms with Crippen LogP contribution in [0.3, 0.4) is 0 Å². The van der Waals surface area contributed by atoms with Gasteiger partial charge >= 0.3 is 5.97 Å². The van der Waals surface area contributed by atoms with E-state index in [-0.39, 0.29) is 18.3 Å². The Morgan fingerprint density at radius 3 is 2.44 bits per heavy atom. The van der Waals surface area contributed by atoms with E-state index in [2.05, 4.69) is 4.74 Å². The average molecular weight is 252 g/mol. The number of aliphatic hydroxyl groups is 1. The molecule has 0 fully saturated rings. The minimum Gasteiger partial charge on any atom is -0.494 e. The lowest BCUT2D eigenvalue weighted by Gasteiger charge is -2.18. The molecule has 1 rings (SSSR count). The van der Waals surface area contributed by atoms with Crippen LogP contribution in [0.4, 0.5) is 0 Å². The number of hydrogen-bond donors (Lipinski definition) is 1. The van der Waals surface area contributed by atoms with Crippen LogP contribution in [0.5, 0.6) is 5.75 Å². The lowest BCUT2D eigenvalue weighted by molar-refractivity contribution is -0.142. The highest BCUT2D eigenvalue weighted by atomic mass is 16.5. The average Bonchev–Trinajstić information content (AvgIpc) is 2.39. The molecule has 0 aliphatic rings. The van der Waals surface area contributed by atoms with E-state index in [1.54, 1.807) is 0 Å². The Labute approximate surface area is 108 Å². The van der Waals surface area contributed by atoms with Gasteiger partial charge in [0.25, 0.3) is 0 Å². The molecule has 0 amide bonds. The lowest BCUT2D eigenvalue weighted by Crippen LogP contribution is -2.14. The largest absolute Gasteiger partial charge is 0.494 e. The van der Waals surface area contributed by atoms with Gasteiger partial charge in [-0.15, -0.1) is 0 Å². The van der Waals surface area contributed by atoms with Gasteiger partial charge in [0.2, 0.25) is 0 Å². The van der Waals surface area contributed by atoms with Crippen molar-refractivity contribution in [3.05, 3.63) is 29.8 Å². The fourth-order valence-corrected chi connectivity index (χ4v) is 1.71. The molecule has 0 spiro atoms. The number of carbonyl (C=O) groups is 1. The first-order valence-corrected chi connectivity index (χ1v) is 6.06. The van der Waals surface area contributed by atoms with E-state index < -0.39 is 6.10 Å². The maximum absolute atomic E-state index is 11.1. The summed E-state index contributed by atoms with van der Waals surface area (Å²) in [6.45, 7) is 4.35. The number of methoxy groups -OCH3 is 1. The Morgan fingerprint density at radius 1 is 1.33 bits per heavy atom. The van der Waals surface area contributed by atoms with Gasteiger partial charge in [-0.3, -0.25) is 4.79 Å². The summed E-state index contributed by atoms with van der Waals surface area (Å²) in [5.74, 6) is 0.275. The maximum Gasteiger partial charge on any atom is 0.305 e. The molecule has 1 aromatic carbocycles. The van der Waals surface area contributed by atoms with Crippen molar-refractivity contribution in [1.82, 2.24) is 0 Å². The molecule has 0 aromatic heterocycles. The monoisotopic (exact) mass is 252 g/mol. The Bertz CT molecular complexity index is 372. The topological polar surface area (TPSA) is 55.8 Å². The number of hydrogen-bond acceptors (Lipinski definition) is 4. The second-order valence-corrected chi connectivity index (χ2v) is 4.20. The molecule has 0 bridgehead atoms. The highest BCUT2D eigenvalue weighted by Crippen LogP contribution is 2.26. The Balaban J connectivity index is 2.65. The summed E-state index contributed by atoms with van der Waals surface area (Å²) in [6, 6.07) is 7.24. The predicted octanol–water partition coefficient (Wildman–Crippen LogP) is 2.32. The zero-order valence-electron chi connectivity index (χ0n) is 11.1. The quantitative estimate of drug-likeness (QED) is 0.789. The Hall–Kier alpha value is -1.55. The van der Waals surface area contributed by atoms with Gasteiger partial charge in [-0.1, -0.05) is 19.1 Å². The van der Waals surface area contributed by atoms with Gasteiger partial charge in [-0.2, -0.15) is 0 Å². The van der Waals surface area contributed by atoms with Crippen LogP contribution in [0.25, 0.3) is 0 Å². The summed E-state index contributed by atoms with van der Waals surface area (Å²) in [6.07, 6.45) is -0.481. The molecule has 0 heterocycles. The molecule has 2 unspecified atom stereocenters. The fourth-order valence-electron chi connectivity index (χ4n) is 1.71. The molecule has 18 heavy (non-hydrogen) atoms. The van der Waals surface area contributed by atoms with Crippen molar-refractivity contribution < 1.29 is 19.4 Å². The summed E-state index contributed by atoms with van der Waals surface area (Å²) in [5, 5.41) is 10.1. The van der Waals surface area contributed by atoms with Gasteiger partial charge in [0.1, 0.15) is 5.75 Å².